The maximum atomic E-state index is 15.2. The van der Waals surface area contributed by atoms with E-state index in [1.54, 1.807) is 61.5 Å². The van der Waals surface area contributed by atoms with Gasteiger partial charge < -0.3 is 9.47 Å². The van der Waals surface area contributed by atoms with Gasteiger partial charge in [-0.25, -0.2) is 9.49 Å². The van der Waals surface area contributed by atoms with E-state index >= 15 is 4.39 Å². The number of alkyl halides is 3. The molecule has 0 radical (unpaired) electrons. The van der Waals surface area contributed by atoms with Crippen molar-refractivity contribution in [2.24, 2.45) is 0 Å². The van der Waals surface area contributed by atoms with Gasteiger partial charge in [0.2, 0.25) is 5.82 Å². The molecule has 1 amide bonds. The minimum atomic E-state index is -4.73. The number of halogens is 4. The monoisotopic (exact) mass is 576 g/mol. The summed E-state index contributed by atoms with van der Waals surface area (Å²) in [6.45, 7) is 1.43. The highest BCUT2D eigenvalue weighted by molar-refractivity contribution is 5.95. The molecule has 214 valence electrons. The summed E-state index contributed by atoms with van der Waals surface area (Å²) in [5.74, 6) is -2.59. The first kappa shape index (κ1) is 27.3. The number of hydrogen-bond acceptors (Lipinski definition) is 5. The molecule has 42 heavy (non-hydrogen) atoms. The fourth-order valence-electron chi connectivity index (χ4n) is 5.56. The predicted molar refractivity (Wildman–Crippen MR) is 145 cm³/mol. The summed E-state index contributed by atoms with van der Waals surface area (Å²) < 4.78 is 57.6. The summed E-state index contributed by atoms with van der Waals surface area (Å²) in [4.78, 5) is 27.5. The van der Waals surface area contributed by atoms with Crippen molar-refractivity contribution in [1.29, 1.82) is 0 Å². The minimum absolute atomic E-state index is 0.0150. The number of carbonyl (C=O) groups is 1. The SMILES string of the molecule is CC1CN(C(=O)c2cc(Cc3n[nH]c(=O)c4ccccc34)ccc2F)C(Cc2ccccc2)c2nnc(C(F)(F)F)n21. The van der Waals surface area contributed by atoms with E-state index < -0.39 is 35.8 Å². The summed E-state index contributed by atoms with van der Waals surface area (Å²) >= 11 is 0. The Labute approximate surface area is 236 Å². The minimum Gasteiger partial charge on any atom is -0.326 e. The number of rotatable bonds is 5. The van der Waals surface area contributed by atoms with Crippen molar-refractivity contribution in [1.82, 2.24) is 29.9 Å². The number of nitrogens with one attached hydrogen (secondary N) is 1. The molecule has 0 aliphatic carbocycles. The summed E-state index contributed by atoms with van der Waals surface area (Å²) in [6, 6.07) is 18.3. The van der Waals surface area contributed by atoms with Crippen LogP contribution in [0.3, 0.4) is 0 Å². The molecule has 0 spiro atoms. The summed E-state index contributed by atoms with van der Waals surface area (Å²) in [6.07, 6.45) is -4.38. The molecule has 1 aliphatic heterocycles. The Bertz CT molecular complexity index is 1850. The molecule has 0 saturated heterocycles. The quantitative estimate of drug-likeness (QED) is 0.288. The maximum absolute atomic E-state index is 15.2. The van der Waals surface area contributed by atoms with E-state index in [-0.39, 0.29) is 36.3 Å². The molecular formula is C30H24F4N6O2. The standard InChI is InChI=1S/C30H24F4N6O2/c1-17-16-39(25(15-18-7-3-2-4-8-18)26-36-38-29(40(17)26)30(32,33)34)28(42)22-13-19(11-12-23(22)31)14-24-20-9-5-6-10-21(20)27(41)37-35-24/h2-13,17,25H,14-16H2,1H3,(H,37,41). The molecule has 3 aromatic carbocycles. The molecule has 2 unspecified atom stereocenters. The second-order valence-corrected chi connectivity index (χ2v) is 10.3. The van der Waals surface area contributed by atoms with Gasteiger partial charge in [0.1, 0.15) is 5.82 Å². The van der Waals surface area contributed by atoms with Gasteiger partial charge in [0.05, 0.1) is 28.7 Å². The highest BCUT2D eigenvalue weighted by Gasteiger charge is 2.45. The van der Waals surface area contributed by atoms with E-state index in [0.717, 1.165) is 10.1 Å². The highest BCUT2D eigenvalue weighted by atomic mass is 19.4. The van der Waals surface area contributed by atoms with Crippen molar-refractivity contribution in [3.8, 4) is 0 Å². The summed E-state index contributed by atoms with van der Waals surface area (Å²) in [5.41, 5.74) is 1.31. The van der Waals surface area contributed by atoms with Gasteiger partial charge in [-0.2, -0.15) is 18.3 Å². The lowest BCUT2D eigenvalue weighted by atomic mass is 9.98. The van der Waals surface area contributed by atoms with Crippen molar-refractivity contribution in [3.05, 3.63) is 123 Å². The van der Waals surface area contributed by atoms with Crippen molar-refractivity contribution < 1.29 is 22.4 Å². The van der Waals surface area contributed by atoms with Gasteiger partial charge in [-0.1, -0.05) is 54.6 Å². The number of benzene rings is 3. The van der Waals surface area contributed by atoms with Gasteiger partial charge in [-0.05, 0) is 36.2 Å². The fraction of sp³-hybridized carbons (Fsp3) is 0.233. The zero-order valence-electron chi connectivity index (χ0n) is 22.3. The summed E-state index contributed by atoms with van der Waals surface area (Å²) in [7, 11) is 0. The third-order valence-electron chi connectivity index (χ3n) is 7.49. The highest BCUT2D eigenvalue weighted by Crippen LogP contribution is 2.38. The first-order valence-corrected chi connectivity index (χ1v) is 13.2. The van der Waals surface area contributed by atoms with E-state index in [1.165, 1.54) is 23.1 Å². The lowest BCUT2D eigenvalue weighted by Crippen LogP contribution is -2.45. The van der Waals surface area contributed by atoms with Crippen molar-refractivity contribution in [2.45, 2.75) is 38.0 Å². The first-order valence-electron chi connectivity index (χ1n) is 13.2. The van der Waals surface area contributed by atoms with Crippen LogP contribution in [0.2, 0.25) is 0 Å². The first-order chi connectivity index (χ1) is 20.1. The summed E-state index contributed by atoms with van der Waals surface area (Å²) in [5, 5.41) is 15.0. The Morgan fingerprint density at radius 3 is 2.43 bits per heavy atom. The van der Waals surface area contributed by atoms with Gasteiger partial charge in [0, 0.05) is 24.8 Å². The van der Waals surface area contributed by atoms with Crippen LogP contribution < -0.4 is 5.56 Å². The average Bonchev–Trinajstić information content (AvgIpc) is 3.44. The zero-order valence-corrected chi connectivity index (χ0v) is 22.3. The molecule has 0 fully saturated rings. The van der Waals surface area contributed by atoms with E-state index in [2.05, 4.69) is 20.4 Å². The van der Waals surface area contributed by atoms with Crippen LogP contribution in [0.15, 0.2) is 77.6 Å². The van der Waals surface area contributed by atoms with Gasteiger partial charge in [0.15, 0.2) is 5.82 Å². The number of fused-ring (bicyclic) bond motifs is 2. The van der Waals surface area contributed by atoms with Crippen LogP contribution in [0.4, 0.5) is 17.6 Å². The lowest BCUT2D eigenvalue weighted by Gasteiger charge is -2.39. The number of carbonyl (C=O) groups excluding carboxylic acids is 1. The van der Waals surface area contributed by atoms with Gasteiger partial charge in [-0.15, -0.1) is 10.2 Å². The van der Waals surface area contributed by atoms with Crippen LogP contribution in [-0.4, -0.2) is 42.3 Å². The van der Waals surface area contributed by atoms with Crippen LogP contribution in [0.25, 0.3) is 10.8 Å². The molecule has 8 nitrogen and oxygen atoms in total. The molecule has 0 bridgehead atoms. The molecular weight excluding hydrogens is 552 g/mol. The Morgan fingerprint density at radius 1 is 0.976 bits per heavy atom. The Morgan fingerprint density at radius 2 is 1.69 bits per heavy atom. The fourth-order valence-corrected chi connectivity index (χ4v) is 5.56. The number of nitrogens with zero attached hydrogens (tertiary/aromatic N) is 5. The largest absolute Gasteiger partial charge is 0.451 e. The van der Waals surface area contributed by atoms with Gasteiger partial charge in [-0.3, -0.25) is 9.59 Å². The third-order valence-corrected chi connectivity index (χ3v) is 7.49. The third kappa shape index (κ3) is 4.93. The predicted octanol–water partition coefficient (Wildman–Crippen LogP) is 5.26. The van der Waals surface area contributed by atoms with Crippen molar-refractivity contribution >= 4 is 16.7 Å². The van der Waals surface area contributed by atoms with Crippen LogP contribution in [0.1, 0.15) is 57.8 Å². The Hall–Kier alpha value is -4.87. The van der Waals surface area contributed by atoms with Crippen molar-refractivity contribution in [2.75, 3.05) is 6.54 Å². The van der Waals surface area contributed by atoms with Crippen LogP contribution in [0.5, 0.6) is 0 Å². The second kappa shape index (κ2) is 10.5. The lowest BCUT2D eigenvalue weighted by molar-refractivity contribution is -0.148. The normalized spacial score (nSPS) is 16.9. The van der Waals surface area contributed by atoms with E-state index in [0.29, 0.717) is 22.0 Å². The molecule has 1 N–H and O–H groups in total. The van der Waals surface area contributed by atoms with Crippen LogP contribution in [0, 0.1) is 5.82 Å². The van der Waals surface area contributed by atoms with E-state index in [9.17, 15) is 22.8 Å². The average molecular weight is 577 g/mol. The Kier molecular flexibility index (Phi) is 6.83. The van der Waals surface area contributed by atoms with Gasteiger partial charge in [0.25, 0.3) is 11.5 Å². The molecule has 2 aromatic heterocycles. The molecule has 2 atom stereocenters. The molecule has 12 heteroatoms. The number of amides is 1. The maximum Gasteiger partial charge on any atom is 0.451 e. The number of aromatic nitrogens is 5. The smallest absolute Gasteiger partial charge is 0.326 e. The van der Waals surface area contributed by atoms with Crippen molar-refractivity contribution in [3.63, 3.8) is 0 Å². The van der Waals surface area contributed by atoms with Crippen LogP contribution >= 0.6 is 0 Å². The van der Waals surface area contributed by atoms with Crippen LogP contribution in [-0.2, 0) is 19.0 Å². The topological polar surface area (TPSA) is 96.8 Å². The molecule has 1 aliphatic rings. The number of H-pyrrole nitrogens is 1. The number of hydrogen-bond donors (Lipinski definition) is 1. The van der Waals surface area contributed by atoms with E-state index in [4.69, 9.17) is 0 Å². The molecule has 3 heterocycles. The zero-order chi connectivity index (χ0) is 29.6. The Balaban J connectivity index is 1.38. The molecule has 0 saturated carbocycles. The molecule has 5 aromatic rings. The molecule has 6 rings (SSSR count). The van der Waals surface area contributed by atoms with Gasteiger partial charge >= 0.3 is 6.18 Å². The second-order valence-electron chi connectivity index (χ2n) is 10.3. The number of aromatic amines is 1. The van der Waals surface area contributed by atoms with E-state index in [1.807, 2.05) is 0 Å².